The molecule has 3 nitrogen and oxygen atoms in total. The van der Waals surface area contributed by atoms with Crippen LogP contribution in [0.3, 0.4) is 0 Å². The van der Waals surface area contributed by atoms with Crippen molar-refractivity contribution in [2.45, 2.75) is 38.6 Å². The Kier molecular flexibility index (Phi) is 4.22. The minimum absolute atomic E-state index is 0.106. The van der Waals surface area contributed by atoms with Crippen LogP contribution < -0.4 is 5.32 Å². The van der Waals surface area contributed by atoms with Crippen LogP contribution in [0.25, 0.3) is 0 Å². The fourth-order valence-electron chi connectivity index (χ4n) is 1.54. The summed E-state index contributed by atoms with van der Waals surface area (Å²) in [6.45, 7) is 2.96. The van der Waals surface area contributed by atoms with E-state index in [1.165, 1.54) is 26.4 Å². The standard InChI is InChI=1S/C10H19NO2/c1-3-9(10(12)13-2)11-7-8-5-4-6-8/h8-9,11H,3-7H2,1-2H3. The zero-order valence-electron chi connectivity index (χ0n) is 8.51. The Hall–Kier alpha value is -0.570. The first-order valence-corrected chi connectivity index (χ1v) is 5.09. The molecule has 76 valence electrons. The molecule has 0 spiro atoms. The molecule has 1 aliphatic carbocycles. The molecule has 1 atom stereocenters. The van der Waals surface area contributed by atoms with Gasteiger partial charge in [0.15, 0.2) is 0 Å². The van der Waals surface area contributed by atoms with E-state index in [0.29, 0.717) is 0 Å². The average molecular weight is 185 g/mol. The summed E-state index contributed by atoms with van der Waals surface area (Å²) in [4.78, 5) is 11.2. The van der Waals surface area contributed by atoms with E-state index in [4.69, 9.17) is 0 Å². The molecule has 1 saturated carbocycles. The minimum atomic E-state index is -0.137. The molecule has 0 radical (unpaired) electrons. The van der Waals surface area contributed by atoms with Gasteiger partial charge in [0.05, 0.1) is 7.11 Å². The Morgan fingerprint density at radius 3 is 2.69 bits per heavy atom. The number of nitrogens with one attached hydrogen (secondary N) is 1. The topological polar surface area (TPSA) is 38.3 Å². The van der Waals surface area contributed by atoms with Gasteiger partial charge in [-0.15, -0.1) is 0 Å². The largest absolute Gasteiger partial charge is 0.468 e. The van der Waals surface area contributed by atoms with Gasteiger partial charge in [0.2, 0.25) is 0 Å². The second-order valence-electron chi connectivity index (χ2n) is 3.69. The summed E-state index contributed by atoms with van der Waals surface area (Å²) in [5, 5.41) is 3.25. The Morgan fingerprint density at radius 1 is 1.62 bits per heavy atom. The molecule has 1 rings (SSSR count). The van der Waals surface area contributed by atoms with E-state index in [1.807, 2.05) is 6.92 Å². The lowest BCUT2D eigenvalue weighted by atomic mass is 9.85. The Labute approximate surface area is 79.8 Å². The second-order valence-corrected chi connectivity index (χ2v) is 3.69. The Morgan fingerprint density at radius 2 is 2.31 bits per heavy atom. The van der Waals surface area contributed by atoms with Crippen molar-refractivity contribution in [1.82, 2.24) is 5.32 Å². The molecule has 1 fully saturated rings. The quantitative estimate of drug-likeness (QED) is 0.657. The normalized spacial score (nSPS) is 19.2. The van der Waals surface area contributed by atoms with Crippen molar-refractivity contribution in [3.8, 4) is 0 Å². The van der Waals surface area contributed by atoms with Gasteiger partial charge in [-0.05, 0) is 31.7 Å². The maximum absolute atomic E-state index is 11.2. The molecule has 0 saturated heterocycles. The molecular formula is C10H19NO2. The number of hydrogen-bond acceptors (Lipinski definition) is 3. The SMILES string of the molecule is CCC(NCC1CCC1)C(=O)OC. The van der Waals surface area contributed by atoms with Gasteiger partial charge in [0, 0.05) is 0 Å². The second kappa shape index (κ2) is 5.22. The van der Waals surface area contributed by atoms with E-state index in [1.54, 1.807) is 0 Å². The highest BCUT2D eigenvalue weighted by Gasteiger charge is 2.21. The predicted octanol–water partition coefficient (Wildman–Crippen LogP) is 1.33. The van der Waals surface area contributed by atoms with Crippen molar-refractivity contribution in [3.05, 3.63) is 0 Å². The van der Waals surface area contributed by atoms with Gasteiger partial charge in [0.25, 0.3) is 0 Å². The summed E-state index contributed by atoms with van der Waals surface area (Å²) in [5.74, 6) is 0.653. The lowest BCUT2D eigenvalue weighted by Crippen LogP contribution is -2.40. The fourth-order valence-corrected chi connectivity index (χ4v) is 1.54. The molecular weight excluding hydrogens is 166 g/mol. The molecule has 0 aromatic carbocycles. The summed E-state index contributed by atoms with van der Waals surface area (Å²) in [7, 11) is 1.44. The van der Waals surface area contributed by atoms with Crippen LogP contribution in [0.15, 0.2) is 0 Å². The van der Waals surface area contributed by atoms with E-state index < -0.39 is 0 Å². The maximum atomic E-state index is 11.2. The molecule has 0 aliphatic heterocycles. The first-order valence-electron chi connectivity index (χ1n) is 5.09. The van der Waals surface area contributed by atoms with Gasteiger partial charge >= 0.3 is 5.97 Å². The van der Waals surface area contributed by atoms with Crippen molar-refractivity contribution in [2.75, 3.05) is 13.7 Å². The van der Waals surface area contributed by atoms with Crippen LogP contribution in [0, 0.1) is 5.92 Å². The third-order valence-corrected chi connectivity index (χ3v) is 2.77. The smallest absolute Gasteiger partial charge is 0.322 e. The van der Waals surface area contributed by atoms with Crippen LogP contribution in [-0.4, -0.2) is 25.7 Å². The zero-order valence-corrected chi connectivity index (χ0v) is 8.51. The lowest BCUT2D eigenvalue weighted by Gasteiger charge is -2.27. The molecule has 13 heavy (non-hydrogen) atoms. The summed E-state index contributed by atoms with van der Waals surface area (Å²) in [5.41, 5.74) is 0. The fraction of sp³-hybridized carbons (Fsp3) is 0.900. The number of rotatable bonds is 5. The summed E-state index contributed by atoms with van der Waals surface area (Å²) in [6, 6.07) is -0.106. The first-order chi connectivity index (χ1) is 6.27. The maximum Gasteiger partial charge on any atom is 0.322 e. The molecule has 0 bridgehead atoms. The van der Waals surface area contributed by atoms with E-state index in [2.05, 4.69) is 10.1 Å². The molecule has 1 unspecified atom stereocenters. The molecule has 0 amide bonds. The highest BCUT2D eigenvalue weighted by molar-refractivity contribution is 5.75. The van der Waals surface area contributed by atoms with Gasteiger partial charge in [-0.3, -0.25) is 4.79 Å². The van der Waals surface area contributed by atoms with Gasteiger partial charge in [0.1, 0.15) is 6.04 Å². The van der Waals surface area contributed by atoms with Gasteiger partial charge < -0.3 is 10.1 Å². The zero-order chi connectivity index (χ0) is 9.68. The number of methoxy groups -OCH3 is 1. The number of carbonyl (C=O) groups is 1. The molecule has 1 aliphatic rings. The molecule has 0 aromatic heterocycles. The van der Waals surface area contributed by atoms with Crippen LogP contribution >= 0.6 is 0 Å². The Balaban J connectivity index is 2.18. The van der Waals surface area contributed by atoms with Crippen molar-refractivity contribution in [3.63, 3.8) is 0 Å². The van der Waals surface area contributed by atoms with E-state index >= 15 is 0 Å². The van der Waals surface area contributed by atoms with Crippen molar-refractivity contribution in [2.24, 2.45) is 5.92 Å². The number of esters is 1. The van der Waals surface area contributed by atoms with E-state index in [-0.39, 0.29) is 12.0 Å². The Bertz CT molecular complexity index is 166. The summed E-state index contributed by atoms with van der Waals surface area (Å²) < 4.78 is 4.69. The first kappa shape index (κ1) is 10.5. The average Bonchev–Trinajstić information content (AvgIpc) is 2.08. The predicted molar refractivity (Wildman–Crippen MR) is 51.4 cm³/mol. The van der Waals surface area contributed by atoms with Crippen molar-refractivity contribution >= 4 is 5.97 Å². The monoisotopic (exact) mass is 185 g/mol. The number of ether oxygens (including phenoxy) is 1. The van der Waals surface area contributed by atoms with Crippen LogP contribution in [-0.2, 0) is 9.53 Å². The number of hydrogen-bond donors (Lipinski definition) is 1. The van der Waals surface area contributed by atoms with Crippen LogP contribution in [0.5, 0.6) is 0 Å². The van der Waals surface area contributed by atoms with Crippen molar-refractivity contribution in [1.29, 1.82) is 0 Å². The summed E-state index contributed by atoms with van der Waals surface area (Å²) >= 11 is 0. The van der Waals surface area contributed by atoms with E-state index in [9.17, 15) is 4.79 Å². The number of carbonyl (C=O) groups excluding carboxylic acids is 1. The van der Waals surface area contributed by atoms with E-state index in [0.717, 1.165) is 18.9 Å². The molecule has 3 heteroatoms. The lowest BCUT2D eigenvalue weighted by molar-refractivity contribution is -0.143. The minimum Gasteiger partial charge on any atom is -0.468 e. The van der Waals surface area contributed by atoms with Crippen LogP contribution in [0.4, 0.5) is 0 Å². The molecule has 0 heterocycles. The molecule has 1 N–H and O–H groups in total. The third kappa shape index (κ3) is 2.99. The van der Waals surface area contributed by atoms with Gasteiger partial charge in [-0.25, -0.2) is 0 Å². The third-order valence-electron chi connectivity index (χ3n) is 2.77. The van der Waals surface area contributed by atoms with Crippen LogP contribution in [0.2, 0.25) is 0 Å². The van der Waals surface area contributed by atoms with Crippen molar-refractivity contribution < 1.29 is 9.53 Å². The highest BCUT2D eigenvalue weighted by Crippen LogP contribution is 2.25. The van der Waals surface area contributed by atoms with Gasteiger partial charge in [-0.2, -0.15) is 0 Å². The molecule has 0 aromatic rings. The summed E-state index contributed by atoms with van der Waals surface area (Å²) in [6.07, 6.45) is 4.77. The van der Waals surface area contributed by atoms with Gasteiger partial charge in [-0.1, -0.05) is 13.3 Å². The van der Waals surface area contributed by atoms with Crippen LogP contribution in [0.1, 0.15) is 32.6 Å². The highest BCUT2D eigenvalue weighted by atomic mass is 16.5.